The lowest BCUT2D eigenvalue weighted by Gasteiger charge is -2.21. The van der Waals surface area contributed by atoms with Crippen molar-refractivity contribution in [1.29, 1.82) is 0 Å². The molecule has 122 valence electrons. The van der Waals surface area contributed by atoms with Gasteiger partial charge in [-0.05, 0) is 36.1 Å². The molecule has 2 unspecified atom stereocenters. The number of carbonyl (C=O) groups is 1. The number of hydrogen-bond donors (Lipinski definition) is 3. The quantitative estimate of drug-likeness (QED) is 0.671. The van der Waals surface area contributed by atoms with Crippen molar-refractivity contribution in [3.05, 3.63) is 36.0 Å². The van der Waals surface area contributed by atoms with Crippen LogP contribution in [0.1, 0.15) is 25.8 Å². The van der Waals surface area contributed by atoms with Gasteiger partial charge in [0.2, 0.25) is 0 Å². The third-order valence-electron chi connectivity index (χ3n) is 2.91. The molecule has 0 aliphatic heterocycles. The SMILES string of the molecule is COC(=O)NC=Cc1ccc(OC(N)C(O)CC(C)C)cc1. The number of ether oxygens (including phenoxy) is 2. The molecular weight excluding hydrogens is 284 g/mol. The fraction of sp³-hybridized carbons (Fsp3) is 0.438. The van der Waals surface area contributed by atoms with Crippen LogP contribution in [0.15, 0.2) is 30.5 Å². The van der Waals surface area contributed by atoms with Crippen LogP contribution in [0.3, 0.4) is 0 Å². The van der Waals surface area contributed by atoms with Crippen LogP contribution in [0.25, 0.3) is 6.08 Å². The molecule has 0 spiro atoms. The molecule has 0 fully saturated rings. The van der Waals surface area contributed by atoms with Gasteiger partial charge in [0.05, 0.1) is 7.11 Å². The number of amides is 1. The highest BCUT2D eigenvalue weighted by Crippen LogP contribution is 2.16. The molecule has 0 saturated carbocycles. The highest BCUT2D eigenvalue weighted by molar-refractivity contribution is 5.69. The first-order valence-electron chi connectivity index (χ1n) is 7.13. The van der Waals surface area contributed by atoms with E-state index in [9.17, 15) is 9.90 Å². The predicted molar refractivity (Wildman–Crippen MR) is 85.1 cm³/mol. The number of aliphatic hydroxyl groups excluding tert-OH is 1. The summed E-state index contributed by atoms with van der Waals surface area (Å²) < 4.78 is 9.95. The van der Waals surface area contributed by atoms with Crippen LogP contribution in [0.4, 0.5) is 4.79 Å². The number of nitrogens with two attached hydrogens (primary N) is 1. The summed E-state index contributed by atoms with van der Waals surface area (Å²) in [5.74, 6) is 0.924. The Labute approximate surface area is 130 Å². The number of hydrogen-bond acceptors (Lipinski definition) is 5. The minimum absolute atomic E-state index is 0.347. The number of aliphatic hydroxyl groups is 1. The highest BCUT2D eigenvalue weighted by Gasteiger charge is 2.17. The third-order valence-corrected chi connectivity index (χ3v) is 2.91. The molecule has 0 heterocycles. The van der Waals surface area contributed by atoms with E-state index in [2.05, 4.69) is 10.1 Å². The maximum Gasteiger partial charge on any atom is 0.410 e. The predicted octanol–water partition coefficient (Wildman–Crippen LogP) is 2.08. The van der Waals surface area contributed by atoms with Crippen LogP contribution in [0.5, 0.6) is 5.75 Å². The fourth-order valence-corrected chi connectivity index (χ4v) is 1.78. The maximum atomic E-state index is 10.9. The van der Waals surface area contributed by atoms with Crippen LogP contribution in [0, 0.1) is 5.92 Å². The first-order chi connectivity index (χ1) is 10.4. The molecule has 1 amide bonds. The molecule has 0 aliphatic carbocycles. The van der Waals surface area contributed by atoms with Crippen LogP contribution >= 0.6 is 0 Å². The summed E-state index contributed by atoms with van der Waals surface area (Å²) in [4.78, 5) is 10.9. The van der Waals surface area contributed by atoms with Gasteiger partial charge in [0, 0.05) is 6.20 Å². The number of alkyl carbamates (subject to hydrolysis) is 1. The summed E-state index contributed by atoms with van der Waals surface area (Å²) >= 11 is 0. The molecule has 6 nitrogen and oxygen atoms in total. The zero-order valence-corrected chi connectivity index (χ0v) is 13.2. The zero-order chi connectivity index (χ0) is 16.5. The van der Waals surface area contributed by atoms with E-state index in [0.717, 1.165) is 5.56 Å². The molecule has 6 heteroatoms. The number of carbonyl (C=O) groups excluding carboxylic acids is 1. The zero-order valence-electron chi connectivity index (χ0n) is 13.2. The molecule has 0 aliphatic rings. The van der Waals surface area contributed by atoms with Crippen molar-refractivity contribution in [1.82, 2.24) is 5.32 Å². The van der Waals surface area contributed by atoms with Gasteiger partial charge in [-0.2, -0.15) is 0 Å². The topological polar surface area (TPSA) is 93.8 Å². The molecular formula is C16H24N2O4. The Hall–Kier alpha value is -2.05. The Balaban J connectivity index is 2.52. The van der Waals surface area contributed by atoms with E-state index in [1.165, 1.54) is 13.3 Å². The lowest BCUT2D eigenvalue weighted by atomic mass is 10.1. The number of rotatable bonds is 7. The molecule has 2 atom stereocenters. The molecule has 0 aromatic heterocycles. The van der Waals surface area contributed by atoms with Crippen molar-refractivity contribution in [2.75, 3.05) is 7.11 Å². The van der Waals surface area contributed by atoms with Crippen molar-refractivity contribution < 1.29 is 19.4 Å². The fourth-order valence-electron chi connectivity index (χ4n) is 1.78. The third kappa shape index (κ3) is 6.60. The molecule has 0 saturated heterocycles. The van der Waals surface area contributed by atoms with E-state index >= 15 is 0 Å². The monoisotopic (exact) mass is 308 g/mol. The Kier molecular flexibility index (Phi) is 7.42. The van der Waals surface area contributed by atoms with Crippen LogP contribution in [-0.4, -0.2) is 30.6 Å². The summed E-state index contributed by atoms with van der Waals surface area (Å²) in [5.41, 5.74) is 6.69. The van der Waals surface area contributed by atoms with Gasteiger partial charge < -0.3 is 14.6 Å². The number of benzene rings is 1. The Morgan fingerprint density at radius 1 is 1.36 bits per heavy atom. The van der Waals surface area contributed by atoms with Gasteiger partial charge in [0.1, 0.15) is 11.9 Å². The van der Waals surface area contributed by atoms with E-state index in [-0.39, 0.29) is 0 Å². The van der Waals surface area contributed by atoms with E-state index in [1.807, 2.05) is 26.0 Å². The summed E-state index contributed by atoms with van der Waals surface area (Å²) in [5, 5.41) is 12.3. The summed E-state index contributed by atoms with van der Waals surface area (Å²) in [6.45, 7) is 4.03. The minimum Gasteiger partial charge on any atom is -0.473 e. The second kappa shape index (κ2) is 9.07. The van der Waals surface area contributed by atoms with Gasteiger partial charge in [-0.1, -0.05) is 26.0 Å². The van der Waals surface area contributed by atoms with E-state index in [0.29, 0.717) is 18.1 Å². The van der Waals surface area contributed by atoms with Gasteiger partial charge in [0.15, 0.2) is 6.23 Å². The van der Waals surface area contributed by atoms with Crippen molar-refractivity contribution >= 4 is 12.2 Å². The first kappa shape index (κ1) is 18.0. The molecule has 4 N–H and O–H groups in total. The average Bonchev–Trinajstić information content (AvgIpc) is 2.48. The van der Waals surface area contributed by atoms with Gasteiger partial charge in [0.25, 0.3) is 0 Å². The molecule has 1 rings (SSSR count). The Morgan fingerprint density at radius 2 is 2.00 bits per heavy atom. The lowest BCUT2D eigenvalue weighted by Crippen LogP contribution is -2.40. The normalized spacial score (nSPS) is 13.9. The molecule has 22 heavy (non-hydrogen) atoms. The Morgan fingerprint density at radius 3 is 2.55 bits per heavy atom. The van der Waals surface area contributed by atoms with Gasteiger partial charge in [-0.25, -0.2) is 4.79 Å². The Bertz CT molecular complexity index is 485. The van der Waals surface area contributed by atoms with Crippen molar-refractivity contribution in [2.24, 2.45) is 11.7 Å². The second-order valence-corrected chi connectivity index (χ2v) is 5.32. The smallest absolute Gasteiger partial charge is 0.410 e. The summed E-state index contributed by atoms with van der Waals surface area (Å²) in [6.07, 6.45) is 1.80. The molecule has 1 aromatic carbocycles. The largest absolute Gasteiger partial charge is 0.473 e. The van der Waals surface area contributed by atoms with Crippen molar-refractivity contribution in [2.45, 2.75) is 32.6 Å². The summed E-state index contributed by atoms with van der Waals surface area (Å²) in [7, 11) is 1.30. The van der Waals surface area contributed by atoms with Gasteiger partial charge in [-0.3, -0.25) is 11.1 Å². The number of methoxy groups -OCH3 is 1. The van der Waals surface area contributed by atoms with Gasteiger partial charge in [-0.15, -0.1) is 0 Å². The minimum atomic E-state index is -0.759. The van der Waals surface area contributed by atoms with E-state index < -0.39 is 18.4 Å². The van der Waals surface area contributed by atoms with Crippen molar-refractivity contribution in [3.8, 4) is 5.75 Å². The van der Waals surface area contributed by atoms with E-state index in [4.69, 9.17) is 10.5 Å². The first-order valence-corrected chi connectivity index (χ1v) is 7.13. The molecule has 1 aromatic rings. The highest BCUT2D eigenvalue weighted by atomic mass is 16.5. The van der Waals surface area contributed by atoms with Crippen LogP contribution < -0.4 is 15.8 Å². The van der Waals surface area contributed by atoms with Crippen molar-refractivity contribution in [3.63, 3.8) is 0 Å². The van der Waals surface area contributed by atoms with Gasteiger partial charge >= 0.3 is 6.09 Å². The van der Waals surface area contributed by atoms with Crippen LogP contribution in [-0.2, 0) is 4.74 Å². The number of nitrogens with one attached hydrogen (secondary N) is 1. The van der Waals surface area contributed by atoms with Crippen LogP contribution in [0.2, 0.25) is 0 Å². The lowest BCUT2D eigenvalue weighted by molar-refractivity contribution is 0.0268. The molecule has 0 bridgehead atoms. The second-order valence-electron chi connectivity index (χ2n) is 5.32. The molecule has 0 radical (unpaired) electrons. The standard InChI is InChI=1S/C16H24N2O4/c1-11(2)10-14(19)15(17)22-13-6-4-12(5-7-13)8-9-18-16(20)21-3/h4-9,11,14-15,19H,10,17H2,1-3H3,(H,18,20). The summed E-state index contributed by atoms with van der Waals surface area (Å²) in [6, 6.07) is 7.12. The maximum absolute atomic E-state index is 10.9. The van der Waals surface area contributed by atoms with E-state index in [1.54, 1.807) is 18.2 Å². The average molecular weight is 308 g/mol.